The molecule has 0 aliphatic rings. The van der Waals surface area contributed by atoms with Crippen LogP contribution in [0.15, 0.2) is 68.6 Å². The van der Waals surface area contributed by atoms with Gasteiger partial charge in [0.05, 0.1) is 21.2 Å². The van der Waals surface area contributed by atoms with E-state index >= 15 is 0 Å². The van der Waals surface area contributed by atoms with Gasteiger partial charge in [-0.15, -0.1) is 0 Å². The lowest BCUT2D eigenvalue weighted by Gasteiger charge is -2.11. The topological polar surface area (TPSA) is 141 Å². The molecular weight excluding hydrogens is 456 g/mol. The van der Waals surface area contributed by atoms with Crippen molar-refractivity contribution in [3.05, 3.63) is 59.7 Å². The molecule has 2 N–H and O–H groups in total. The third-order valence-corrected chi connectivity index (χ3v) is 6.87. The van der Waals surface area contributed by atoms with E-state index in [2.05, 4.69) is 20.0 Å². The third kappa shape index (κ3) is 7.71. The van der Waals surface area contributed by atoms with Crippen LogP contribution in [0, 0.1) is 0 Å². The Morgan fingerprint density at radius 1 is 0.750 bits per heavy atom. The monoisotopic (exact) mass is 484 g/mol. The van der Waals surface area contributed by atoms with Gasteiger partial charge in [0.2, 0.25) is 20.0 Å². The van der Waals surface area contributed by atoms with Crippen LogP contribution in [0.25, 0.3) is 0 Å². The van der Waals surface area contributed by atoms with Crippen LogP contribution < -0.4 is 5.14 Å². The zero-order valence-electron chi connectivity index (χ0n) is 18.8. The molecule has 0 unspecified atom stereocenters. The van der Waals surface area contributed by atoms with Gasteiger partial charge in [0.25, 0.3) is 0 Å². The molecule has 0 radical (unpaired) electrons. The number of hydrogen-bond acceptors (Lipinski definition) is 8. The lowest BCUT2D eigenvalue weighted by molar-refractivity contribution is 0.213. The van der Waals surface area contributed by atoms with Gasteiger partial charge in [0.15, 0.2) is 0 Å². The summed E-state index contributed by atoms with van der Waals surface area (Å²) in [6.45, 7) is 3.55. The van der Waals surface area contributed by atoms with E-state index < -0.39 is 20.0 Å². The minimum atomic E-state index is -3.63. The fraction of sp³-hybridized carbons (Fsp3) is 0.300. The average Bonchev–Trinajstić information content (AvgIpc) is 2.74. The van der Waals surface area contributed by atoms with Crippen molar-refractivity contribution >= 4 is 31.5 Å². The third-order valence-electron chi connectivity index (χ3n) is 4.11. The Morgan fingerprint density at radius 2 is 1.09 bits per heavy atom. The van der Waals surface area contributed by atoms with Gasteiger partial charge in [-0.1, -0.05) is 34.6 Å². The first-order valence-electron chi connectivity index (χ1n) is 9.16. The molecule has 12 heteroatoms. The highest BCUT2D eigenvalue weighted by Gasteiger charge is 2.16. The minimum absolute atomic E-state index is 0.0801. The van der Waals surface area contributed by atoms with E-state index in [0.29, 0.717) is 11.4 Å². The SMILES string of the molecule is CON=C(C)c1ccc(S(=O)(=O)N(C)C)cc1.CON=C(C)c1ccc(S(N)(=O)=O)cc1. The average molecular weight is 485 g/mol. The number of nitrogens with two attached hydrogens (primary N) is 1. The van der Waals surface area contributed by atoms with Crippen LogP contribution in [-0.2, 0) is 29.7 Å². The molecule has 176 valence electrons. The maximum atomic E-state index is 11.8. The first kappa shape index (κ1) is 27.2. The second kappa shape index (κ2) is 11.7. The van der Waals surface area contributed by atoms with E-state index in [9.17, 15) is 16.8 Å². The summed E-state index contributed by atoms with van der Waals surface area (Å²) in [5.74, 6) is 0. The lowest BCUT2D eigenvalue weighted by Crippen LogP contribution is -2.22. The summed E-state index contributed by atoms with van der Waals surface area (Å²) < 4.78 is 46.7. The molecule has 2 aromatic carbocycles. The molecule has 0 atom stereocenters. The fourth-order valence-corrected chi connectivity index (χ4v) is 3.76. The van der Waals surface area contributed by atoms with Gasteiger partial charge in [-0.3, -0.25) is 0 Å². The van der Waals surface area contributed by atoms with E-state index in [0.717, 1.165) is 11.1 Å². The predicted octanol–water partition coefficient (Wildman–Crippen LogP) is 2.01. The van der Waals surface area contributed by atoms with Crippen LogP contribution in [0.2, 0.25) is 0 Å². The van der Waals surface area contributed by atoms with Crippen LogP contribution in [0.3, 0.4) is 0 Å². The van der Waals surface area contributed by atoms with Crippen LogP contribution in [0.5, 0.6) is 0 Å². The Labute approximate surface area is 189 Å². The number of oxime groups is 2. The van der Waals surface area contributed by atoms with Gasteiger partial charge in [0, 0.05) is 14.1 Å². The molecular formula is C20H28N4O6S2. The number of rotatable bonds is 7. The van der Waals surface area contributed by atoms with E-state index in [1.807, 2.05) is 0 Å². The smallest absolute Gasteiger partial charge is 0.242 e. The normalized spacial score (nSPS) is 12.8. The molecule has 0 amide bonds. The van der Waals surface area contributed by atoms with Crippen LogP contribution in [0.4, 0.5) is 0 Å². The molecule has 0 saturated carbocycles. The van der Waals surface area contributed by atoms with Gasteiger partial charge in [-0.2, -0.15) is 0 Å². The molecule has 0 aliphatic heterocycles. The van der Waals surface area contributed by atoms with Crippen LogP contribution in [-0.4, -0.2) is 60.9 Å². The highest BCUT2D eigenvalue weighted by atomic mass is 32.2. The Bertz CT molecular complexity index is 1160. The van der Waals surface area contributed by atoms with Crippen LogP contribution >= 0.6 is 0 Å². The van der Waals surface area contributed by atoms with Crippen molar-refractivity contribution in [3.63, 3.8) is 0 Å². The molecule has 0 heterocycles. The molecule has 0 fully saturated rings. The second-order valence-corrected chi connectivity index (χ2v) is 10.3. The fourth-order valence-electron chi connectivity index (χ4n) is 2.34. The maximum Gasteiger partial charge on any atom is 0.242 e. The summed E-state index contributed by atoms with van der Waals surface area (Å²) >= 11 is 0. The maximum absolute atomic E-state index is 11.8. The zero-order chi connectivity index (χ0) is 24.5. The molecule has 2 aromatic rings. The van der Waals surface area contributed by atoms with Gasteiger partial charge in [-0.25, -0.2) is 26.3 Å². The van der Waals surface area contributed by atoms with Gasteiger partial charge in [-0.05, 0) is 49.2 Å². The van der Waals surface area contributed by atoms with E-state index in [4.69, 9.17) is 5.14 Å². The number of primary sulfonamides is 1. The van der Waals surface area contributed by atoms with E-state index in [1.54, 1.807) is 50.2 Å². The summed E-state index contributed by atoms with van der Waals surface area (Å²) in [7, 11) is -1.08. The van der Waals surface area contributed by atoms with E-state index in [-0.39, 0.29) is 9.79 Å². The Balaban J connectivity index is 0.000000323. The second-order valence-electron chi connectivity index (χ2n) is 6.60. The van der Waals surface area contributed by atoms with Gasteiger partial charge in [0.1, 0.15) is 14.2 Å². The van der Waals surface area contributed by atoms with Crippen LogP contribution in [0.1, 0.15) is 25.0 Å². The predicted molar refractivity (Wildman–Crippen MR) is 124 cm³/mol. The standard InChI is InChI=1S/C11H16N2O3S.C9H12N2O3S/c1-9(12-16-4)10-5-7-11(8-6-10)17(14,15)13(2)3;1-7(11-14-2)8-3-5-9(6-4-8)15(10,12)13/h5-8H,1-4H3;3-6H,1-2H3,(H2,10,12,13). The van der Waals surface area contributed by atoms with Crippen molar-refractivity contribution in [2.45, 2.75) is 23.6 Å². The number of nitrogens with zero attached hydrogens (tertiary/aromatic N) is 3. The number of sulfonamides is 2. The van der Waals surface area contributed by atoms with Crippen molar-refractivity contribution in [1.29, 1.82) is 0 Å². The Hall–Kier alpha value is -2.80. The Morgan fingerprint density at radius 3 is 1.38 bits per heavy atom. The molecule has 0 spiro atoms. The first-order valence-corrected chi connectivity index (χ1v) is 12.1. The van der Waals surface area contributed by atoms with Crippen molar-refractivity contribution in [3.8, 4) is 0 Å². The van der Waals surface area contributed by atoms with Crippen molar-refractivity contribution in [2.24, 2.45) is 15.5 Å². The summed E-state index contributed by atoms with van der Waals surface area (Å²) in [6, 6.07) is 12.6. The number of benzene rings is 2. The largest absolute Gasteiger partial charge is 0.399 e. The summed E-state index contributed by atoms with van der Waals surface area (Å²) in [5, 5.41) is 12.5. The molecule has 0 saturated heterocycles. The van der Waals surface area contributed by atoms with Crippen molar-refractivity contribution in [1.82, 2.24) is 4.31 Å². The zero-order valence-corrected chi connectivity index (χ0v) is 20.4. The summed E-state index contributed by atoms with van der Waals surface area (Å²) in [6.07, 6.45) is 0. The first-order chi connectivity index (χ1) is 14.8. The Kier molecular flexibility index (Phi) is 9.97. The van der Waals surface area contributed by atoms with Crippen molar-refractivity contribution in [2.75, 3.05) is 28.3 Å². The minimum Gasteiger partial charge on any atom is -0.399 e. The van der Waals surface area contributed by atoms with Gasteiger partial charge >= 0.3 is 0 Å². The molecule has 0 aliphatic carbocycles. The molecule has 32 heavy (non-hydrogen) atoms. The van der Waals surface area contributed by atoms with Crippen molar-refractivity contribution < 1.29 is 26.5 Å². The highest BCUT2D eigenvalue weighted by molar-refractivity contribution is 7.89. The molecule has 2 rings (SSSR count). The quantitative estimate of drug-likeness (QED) is 0.471. The van der Waals surface area contributed by atoms with E-state index in [1.165, 1.54) is 44.8 Å². The highest BCUT2D eigenvalue weighted by Crippen LogP contribution is 2.14. The summed E-state index contributed by atoms with van der Waals surface area (Å²) in [5.41, 5.74) is 2.97. The molecule has 10 nitrogen and oxygen atoms in total. The molecule has 0 bridgehead atoms. The van der Waals surface area contributed by atoms with Gasteiger partial charge < -0.3 is 9.68 Å². The molecule has 0 aromatic heterocycles. The summed E-state index contributed by atoms with van der Waals surface area (Å²) in [4.78, 5) is 9.60. The lowest BCUT2D eigenvalue weighted by atomic mass is 10.1. The number of hydrogen-bond donors (Lipinski definition) is 1.